The first kappa shape index (κ1) is 23.2. The van der Waals surface area contributed by atoms with Crippen LogP contribution in [0.2, 0.25) is 0 Å². The molecule has 0 bridgehead atoms. The number of esters is 1. The van der Waals surface area contributed by atoms with E-state index in [0.29, 0.717) is 31.5 Å². The highest BCUT2D eigenvalue weighted by atomic mass is 16.5. The number of methoxy groups -OCH3 is 1. The number of hydrogen-bond acceptors (Lipinski definition) is 6. The molecule has 2 amide bonds. The number of carbonyl (C=O) groups excluding carboxylic acids is 3. The number of pyridine rings is 1. The molecule has 8 nitrogen and oxygen atoms in total. The van der Waals surface area contributed by atoms with E-state index in [-0.39, 0.29) is 24.3 Å². The van der Waals surface area contributed by atoms with Crippen molar-refractivity contribution < 1.29 is 19.1 Å². The van der Waals surface area contributed by atoms with Crippen LogP contribution in [-0.2, 0) is 14.3 Å². The topological polar surface area (TPSA) is 101 Å². The predicted octanol–water partition coefficient (Wildman–Crippen LogP) is 2.54. The van der Waals surface area contributed by atoms with Gasteiger partial charge in [-0.3, -0.25) is 14.6 Å². The maximum absolute atomic E-state index is 12.9. The molecule has 34 heavy (non-hydrogen) atoms. The summed E-state index contributed by atoms with van der Waals surface area (Å²) >= 11 is 0. The lowest BCUT2D eigenvalue weighted by Crippen LogP contribution is -2.51. The highest BCUT2D eigenvalue weighted by Gasteiger charge is 2.29. The Bertz CT molecular complexity index is 1160. The first-order chi connectivity index (χ1) is 16.5. The number of nitrogens with zero attached hydrogens (tertiary/aromatic N) is 2. The minimum Gasteiger partial charge on any atom is -0.467 e. The van der Waals surface area contributed by atoms with Crippen LogP contribution in [-0.4, -0.2) is 55.6 Å². The molecule has 1 aliphatic rings. The Kier molecular flexibility index (Phi) is 7.37. The van der Waals surface area contributed by atoms with E-state index in [0.717, 1.165) is 16.6 Å². The van der Waals surface area contributed by atoms with E-state index in [1.54, 1.807) is 24.3 Å². The van der Waals surface area contributed by atoms with Crippen LogP contribution in [0.3, 0.4) is 0 Å². The van der Waals surface area contributed by atoms with Gasteiger partial charge in [-0.05, 0) is 37.1 Å². The summed E-state index contributed by atoms with van der Waals surface area (Å²) in [6.45, 7) is 1.38. The molecule has 1 aromatic heterocycles. The number of rotatable bonds is 7. The second kappa shape index (κ2) is 10.8. The number of piperidine rings is 1. The standard InChI is InChI=1S/C26H28N4O4/c1-34-26(33)23(17-28-24(31)18-7-3-2-4-8-18)29-25(32)19-11-13-30(14-12-19)21-15-20-9-5-6-10-22(20)27-16-21/h2-10,15-16,19,23H,11-14,17H2,1H3,(H,28,31)(H,29,32). The summed E-state index contributed by atoms with van der Waals surface area (Å²) in [6, 6.07) is 17.8. The number of amides is 2. The monoisotopic (exact) mass is 460 g/mol. The largest absolute Gasteiger partial charge is 0.467 e. The van der Waals surface area contributed by atoms with Crippen LogP contribution in [0, 0.1) is 5.92 Å². The molecular weight excluding hydrogens is 432 g/mol. The van der Waals surface area contributed by atoms with E-state index in [9.17, 15) is 14.4 Å². The molecule has 2 N–H and O–H groups in total. The smallest absolute Gasteiger partial charge is 0.330 e. The van der Waals surface area contributed by atoms with Crippen molar-refractivity contribution in [2.24, 2.45) is 5.92 Å². The van der Waals surface area contributed by atoms with Crippen LogP contribution in [0.5, 0.6) is 0 Å². The van der Waals surface area contributed by atoms with E-state index < -0.39 is 12.0 Å². The number of ether oxygens (including phenoxy) is 1. The molecule has 1 atom stereocenters. The van der Waals surface area contributed by atoms with Gasteiger partial charge < -0.3 is 20.3 Å². The van der Waals surface area contributed by atoms with E-state index in [4.69, 9.17) is 4.74 Å². The zero-order valence-corrected chi connectivity index (χ0v) is 19.1. The molecule has 2 heterocycles. The van der Waals surface area contributed by atoms with Crippen molar-refractivity contribution in [2.75, 3.05) is 31.6 Å². The number of para-hydroxylation sites is 1. The number of fused-ring (bicyclic) bond motifs is 1. The minimum absolute atomic E-state index is 0.0479. The fourth-order valence-corrected chi connectivity index (χ4v) is 4.14. The van der Waals surface area contributed by atoms with Crippen molar-refractivity contribution >= 4 is 34.4 Å². The van der Waals surface area contributed by atoms with E-state index in [1.807, 2.05) is 36.5 Å². The number of nitrogens with one attached hydrogen (secondary N) is 2. The van der Waals surface area contributed by atoms with Crippen molar-refractivity contribution in [3.8, 4) is 0 Å². The third kappa shape index (κ3) is 5.51. The lowest BCUT2D eigenvalue weighted by atomic mass is 9.95. The highest BCUT2D eigenvalue weighted by molar-refractivity contribution is 5.94. The number of hydrogen-bond donors (Lipinski definition) is 2. The van der Waals surface area contributed by atoms with Crippen molar-refractivity contribution in [2.45, 2.75) is 18.9 Å². The summed E-state index contributed by atoms with van der Waals surface area (Å²) in [7, 11) is 1.26. The fraction of sp³-hybridized carbons (Fsp3) is 0.308. The normalized spacial score (nSPS) is 14.9. The van der Waals surface area contributed by atoms with Crippen LogP contribution in [0.1, 0.15) is 23.2 Å². The summed E-state index contributed by atoms with van der Waals surface area (Å²) in [4.78, 5) is 44.2. The minimum atomic E-state index is -0.951. The number of carbonyl (C=O) groups is 3. The van der Waals surface area contributed by atoms with Gasteiger partial charge in [0.2, 0.25) is 5.91 Å². The Morgan fingerprint density at radius 2 is 1.76 bits per heavy atom. The average Bonchev–Trinajstić information content (AvgIpc) is 2.90. The lowest BCUT2D eigenvalue weighted by Gasteiger charge is -2.33. The number of benzene rings is 2. The maximum atomic E-state index is 12.9. The Morgan fingerprint density at radius 3 is 2.50 bits per heavy atom. The molecule has 0 saturated carbocycles. The number of anilines is 1. The van der Waals surface area contributed by atoms with E-state index in [2.05, 4.69) is 26.6 Å². The predicted molar refractivity (Wildman–Crippen MR) is 129 cm³/mol. The van der Waals surface area contributed by atoms with Gasteiger partial charge >= 0.3 is 5.97 Å². The van der Waals surface area contributed by atoms with Crippen LogP contribution in [0.4, 0.5) is 5.69 Å². The quantitative estimate of drug-likeness (QED) is 0.526. The molecule has 1 aliphatic heterocycles. The number of aromatic nitrogens is 1. The van der Waals surface area contributed by atoms with Crippen molar-refractivity contribution in [3.05, 3.63) is 72.4 Å². The SMILES string of the molecule is COC(=O)C(CNC(=O)c1ccccc1)NC(=O)C1CCN(c2cnc3ccccc3c2)CC1. The van der Waals surface area contributed by atoms with Crippen LogP contribution < -0.4 is 15.5 Å². The third-order valence-electron chi connectivity index (χ3n) is 6.11. The van der Waals surface area contributed by atoms with Gasteiger partial charge in [-0.15, -0.1) is 0 Å². The van der Waals surface area contributed by atoms with Gasteiger partial charge in [-0.2, -0.15) is 0 Å². The maximum Gasteiger partial charge on any atom is 0.330 e. The molecule has 176 valence electrons. The highest BCUT2D eigenvalue weighted by Crippen LogP contribution is 2.25. The fourth-order valence-electron chi connectivity index (χ4n) is 4.14. The van der Waals surface area contributed by atoms with Gasteiger partial charge in [0, 0.05) is 36.5 Å². The second-order valence-corrected chi connectivity index (χ2v) is 8.31. The first-order valence-corrected chi connectivity index (χ1v) is 11.4. The molecule has 0 spiro atoms. The zero-order valence-electron chi connectivity index (χ0n) is 19.1. The first-order valence-electron chi connectivity index (χ1n) is 11.4. The van der Waals surface area contributed by atoms with Gasteiger partial charge in [-0.1, -0.05) is 36.4 Å². The molecule has 0 radical (unpaired) electrons. The molecule has 1 fully saturated rings. The average molecular weight is 461 g/mol. The molecule has 1 unspecified atom stereocenters. The second-order valence-electron chi connectivity index (χ2n) is 8.31. The summed E-state index contributed by atoms with van der Waals surface area (Å²) in [5.74, 6) is -1.34. The van der Waals surface area contributed by atoms with Crippen molar-refractivity contribution in [3.63, 3.8) is 0 Å². The van der Waals surface area contributed by atoms with E-state index >= 15 is 0 Å². The molecule has 0 aliphatic carbocycles. The molecule has 1 saturated heterocycles. The summed E-state index contributed by atoms with van der Waals surface area (Å²) in [5, 5.41) is 6.54. The Morgan fingerprint density at radius 1 is 1.06 bits per heavy atom. The molecular formula is C26H28N4O4. The lowest BCUT2D eigenvalue weighted by molar-refractivity contribution is -0.145. The van der Waals surface area contributed by atoms with Crippen molar-refractivity contribution in [1.82, 2.24) is 15.6 Å². The van der Waals surface area contributed by atoms with Crippen LogP contribution in [0.15, 0.2) is 66.9 Å². The van der Waals surface area contributed by atoms with Gasteiger partial charge in [0.05, 0.1) is 24.5 Å². The summed E-state index contributed by atoms with van der Waals surface area (Å²) in [5.41, 5.74) is 2.47. The Hall–Kier alpha value is -3.94. The van der Waals surface area contributed by atoms with Crippen LogP contribution in [0.25, 0.3) is 10.9 Å². The van der Waals surface area contributed by atoms with Crippen molar-refractivity contribution in [1.29, 1.82) is 0 Å². The Labute approximate surface area is 198 Å². The summed E-state index contributed by atoms with van der Waals surface area (Å²) in [6.07, 6.45) is 3.18. The summed E-state index contributed by atoms with van der Waals surface area (Å²) < 4.78 is 4.83. The van der Waals surface area contributed by atoms with Gasteiger partial charge in [0.25, 0.3) is 5.91 Å². The third-order valence-corrected chi connectivity index (χ3v) is 6.11. The molecule has 3 aromatic rings. The van der Waals surface area contributed by atoms with Gasteiger partial charge in [-0.25, -0.2) is 4.79 Å². The van der Waals surface area contributed by atoms with Crippen LogP contribution >= 0.6 is 0 Å². The van der Waals surface area contributed by atoms with Gasteiger partial charge in [0.15, 0.2) is 0 Å². The van der Waals surface area contributed by atoms with Gasteiger partial charge in [0.1, 0.15) is 6.04 Å². The molecule has 2 aromatic carbocycles. The molecule has 4 rings (SSSR count). The Balaban J connectivity index is 1.32. The molecule has 8 heteroatoms. The zero-order chi connectivity index (χ0) is 23.9. The van der Waals surface area contributed by atoms with E-state index in [1.165, 1.54) is 7.11 Å².